The van der Waals surface area contributed by atoms with E-state index < -0.39 is 29.7 Å². The maximum absolute atomic E-state index is 13.3. The Morgan fingerprint density at radius 3 is 2.43 bits per heavy atom. The molecule has 0 saturated carbocycles. The van der Waals surface area contributed by atoms with Crippen LogP contribution in [-0.4, -0.2) is 120 Å². The second kappa shape index (κ2) is 15.7. The van der Waals surface area contributed by atoms with Gasteiger partial charge in [0.1, 0.15) is 29.9 Å². The first-order chi connectivity index (χ1) is 28.0. The van der Waals surface area contributed by atoms with Crippen molar-refractivity contribution in [2.45, 2.75) is 38.3 Å². The van der Waals surface area contributed by atoms with E-state index in [0.29, 0.717) is 36.5 Å². The van der Waals surface area contributed by atoms with E-state index in [9.17, 15) is 28.8 Å². The number of likely N-dealkylation sites (tertiary alicyclic amines) is 2. The van der Waals surface area contributed by atoms with Gasteiger partial charge >= 0.3 is 0 Å². The lowest BCUT2D eigenvalue weighted by Crippen LogP contribution is -2.57. The molecule has 4 aliphatic rings. The summed E-state index contributed by atoms with van der Waals surface area (Å²) in [4.78, 5) is 85.6. The number of nitrogens with one attached hydrogen (secondary N) is 1. The Labute approximate surface area is 333 Å². The molecule has 0 aliphatic carbocycles. The fourth-order valence-corrected chi connectivity index (χ4v) is 8.72. The molecule has 1 atom stereocenters. The van der Waals surface area contributed by atoms with Gasteiger partial charge < -0.3 is 28.4 Å². The Kier molecular flexibility index (Phi) is 10.5. The molecule has 302 valence electrons. The number of nitrogens with zero attached hydrogens (tertiary/aromatic N) is 5. The van der Waals surface area contributed by atoms with E-state index in [-0.39, 0.29) is 72.8 Å². The van der Waals surface area contributed by atoms with E-state index >= 15 is 0 Å². The summed E-state index contributed by atoms with van der Waals surface area (Å²) in [6.45, 7) is 4.07. The number of carbonyl (C=O) groups is 5. The summed E-state index contributed by atoms with van der Waals surface area (Å²) in [6.07, 6.45) is 6.31. The Balaban J connectivity index is 0.807. The van der Waals surface area contributed by atoms with Gasteiger partial charge in [-0.15, -0.1) is 0 Å². The smallest absolute Gasteiger partial charge is 0.266 e. The molecule has 4 aromatic rings. The number of hydrogen-bond donors (Lipinski definition) is 1. The minimum Gasteiger partial charge on any atom is -0.496 e. The van der Waals surface area contributed by atoms with Crippen LogP contribution in [0.3, 0.4) is 0 Å². The Hall–Kier alpha value is -6.13. The van der Waals surface area contributed by atoms with Gasteiger partial charge in [-0.3, -0.25) is 48.9 Å². The van der Waals surface area contributed by atoms with Crippen molar-refractivity contribution in [1.82, 2.24) is 29.6 Å². The fraction of sp³-hybridized carbons (Fsp3) is 0.405. The van der Waals surface area contributed by atoms with E-state index in [1.165, 1.54) is 6.07 Å². The third-order valence-corrected chi connectivity index (χ3v) is 11.6. The number of imide groups is 2. The number of aromatic nitrogens is 2. The van der Waals surface area contributed by atoms with Gasteiger partial charge in [0.2, 0.25) is 17.7 Å². The quantitative estimate of drug-likeness (QED) is 0.155. The monoisotopic (exact) mass is 792 g/mol. The molecule has 58 heavy (non-hydrogen) atoms. The molecule has 2 aromatic heterocycles. The van der Waals surface area contributed by atoms with Gasteiger partial charge in [-0.2, -0.15) is 0 Å². The number of ether oxygens (including phenoxy) is 4. The molecule has 1 N–H and O–H groups in total. The third-order valence-electron chi connectivity index (χ3n) is 11.6. The molecule has 1 unspecified atom stereocenters. The van der Waals surface area contributed by atoms with Crippen molar-refractivity contribution >= 4 is 40.3 Å². The molecule has 0 bridgehead atoms. The zero-order valence-electron chi connectivity index (χ0n) is 32.6. The highest BCUT2D eigenvalue weighted by atomic mass is 16.5. The van der Waals surface area contributed by atoms with Crippen LogP contribution in [0, 0.1) is 5.41 Å². The van der Waals surface area contributed by atoms with Crippen LogP contribution in [0.1, 0.15) is 52.0 Å². The second-order valence-corrected chi connectivity index (χ2v) is 15.3. The molecule has 6 heterocycles. The van der Waals surface area contributed by atoms with Crippen LogP contribution in [-0.2, 0) is 32.7 Å². The van der Waals surface area contributed by atoms with Crippen LogP contribution in [0.2, 0.25) is 0 Å². The first-order valence-electron chi connectivity index (χ1n) is 19.2. The largest absolute Gasteiger partial charge is 0.496 e. The normalized spacial score (nSPS) is 18.8. The van der Waals surface area contributed by atoms with E-state index in [2.05, 4.69) is 15.2 Å². The predicted molar refractivity (Wildman–Crippen MR) is 208 cm³/mol. The molecule has 3 saturated heterocycles. The van der Waals surface area contributed by atoms with Crippen molar-refractivity contribution in [1.29, 1.82) is 0 Å². The number of carbonyl (C=O) groups excluding carboxylic acids is 5. The van der Waals surface area contributed by atoms with Crippen molar-refractivity contribution in [3.8, 4) is 28.4 Å². The van der Waals surface area contributed by atoms with E-state index in [1.807, 2.05) is 29.3 Å². The minimum absolute atomic E-state index is 0.0229. The number of aryl methyl sites for hydroxylation is 1. The SMILES string of the molecule is COc1cc(-c2cn(C)c(=O)c3cnccc23)cc(OC)c1CN1CC2(CCN(C(=O)CCOCCOc3cccc4c3C(=O)N(C3CCC(=O)NC3=O)C4=O)C2)C1. The number of rotatable bonds is 13. The molecule has 5 amide bonds. The summed E-state index contributed by atoms with van der Waals surface area (Å²) >= 11 is 0. The van der Waals surface area contributed by atoms with Crippen molar-refractivity contribution < 1.29 is 42.9 Å². The molecule has 4 aliphatic heterocycles. The molecule has 16 nitrogen and oxygen atoms in total. The van der Waals surface area contributed by atoms with Crippen LogP contribution in [0.15, 0.2) is 59.8 Å². The second-order valence-electron chi connectivity index (χ2n) is 15.3. The number of fused-ring (bicyclic) bond motifs is 2. The van der Waals surface area contributed by atoms with Crippen molar-refractivity contribution in [2.24, 2.45) is 12.5 Å². The van der Waals surface area contributed by atoms with Gasteiger partial charge in [0.15, 0.2) is 0 Å². The maximum atomic E-state index is 13.3. The summed E-state index contributed by atoms with van der Waals surface area (Å²) in [5, 5.41) is 3.52. The van der Waals surface area contributed by atoms with Gasteiger partial charge in [-0.25, -0.2) is 0 Å². The van der Waals surface area contributed by atoms with E-state index in [1.54, 1.807) is 50.4 Å². The van der Waals surface area contributed by atoms with Gasteiger partial charge in [-0.1, -0.05) is 6.07 Å². The average molecular weight is 793 g/mol. The maximum Gasteiger partial charge on any atom is 0.266 e. The topological polar surface area (TPSA) is 179 Å². The highest BCUT2D eigenvalue weighted by Crippen LogP contribution is 2.44. The lowest BCUT2D eigenvalue weighted by Gasteiger charge is -2.48. The van der Waals surface area contributed by atoms with Crippen LogP contribution in [0.4, 0.5) is 0 Å². The fourth-order valence-electron chi connectivity index (χ4n) is 8.72. The molecule has 3 fully saturated rings. The first-order valence-corrected chi connectivity index (χ1v) is 19.2. The lowest BCUT2D eigenvalue weighted by molar-refractivity contribution is -0.136. The first kappa shape index (κ1) is 38.7. The van der Waals surface area contributed by atoms with Gasteiger partial charge in [0.05, 0.1) is 55.9 Å². The van der Waals surface area contributed by atoms with Crippen LogP contribution in [0.25, 0.3) is 21.9 Å². The van der Waals surface area contributed by atoms with Crippen molar-refractivity contribution in [3.05, 3.63) is 82.0 Å². The average Bonchev–Trinajstić information content (AvgIpc) is 3.77. The number of hydrogen-bond acceptors (Lipinski definition) is 12. The summed E-state index contributed by atoms with van der Waals surface area (Å²) < 4.78 is 24.9. The molecule has 0 radical (unpaired) electrons. The number of pyridine rings is 2. The standard InChI is InChI=1S/C42H44N6O10/c1-45-20-29(26-9-12-43-19-28(26)39(45)52)25-17-33(55-2)30(34(18-25)56-3)21-46-22-42(23-46)11-13-47(24-42)36(50)10-14-57-15-16-58-32-6-4-5-27-37(32)41(54)48(40(27)53)31-7-8-35(49)44-38(31)51/h4-6,9,12,17-20,31H,7-8,10-11,13-16,21-24H2,1-3H3,(H,44,49,51). The molecular weight excluding hydrogens is 748 g/mol. The lowest BCUT2D eigenvalue weighted by atomic mass is 9.79. The summed E-state index contributed by atoms with van der Waals surface area (Å²) in [5.74, 6) is -0.769. The Bertz CT molecular complexity index is 2380. The van der Waals surface area contributed by atoms with Crippen LogP contribution < -0.4 is 25.1 Å². The highest BCUT2D eigenvalue weighted by Gasteiger charge is 2.49. The summed E-state index contributed by atoms with van der Waals surface area (Å²) in [6, 6.07) is 9.41. The third kappa shape index (κ3) is 7.06. The number of piperidine rings is 1. The van der Waals surface area contributed by atoms with Gasteiger partial charge in [0.25, 0.3) is 17.4 Å². The Morgan fingerprint density at radius 1 is 0.914 bits per heavy atom. The van der Waals surface area contributed by atoms with Gasteiger partial charge in [-0.05, 0) is 54.1 Å². The molecule has 2 aromatic carbocycles. The molecule has 16 heteroatoms. The molecular formula is C42H44N6O10. The number of amides is 5. The highest BCUT2D eigenvalue weighted by molar-refractivity contribution is 6.24. The van der Waals surface area contributed by atoms with Crippen LogP contribution in [0.5, 0.6) is 17.2 Å². The van der Waals surface area contributed by atoms with E-state index in [0.717, 1.165) is 46.5 Å². The summed E-state index contributed by atoms with van der Waals surface area (Å²) in [7, 11) is 5.00. The zero-order valence-corrected chi connectivity index (χ0v) is 32.6. The number of benzene rings is 2. The Morgan fingerprint density at radius 2 is 1.69 bits per heavy atom. The van der Waals surface area contributed by atoms with Gasteiger partial charge in [0, 0.05) is 75.8 Å². The molecule has 1 spiro atoms. The number of methoxy groups -OCH3 is 2. The predicted octanol–water partition coefficient (Wildman–Crippen LogP) is 2.54. The minimum atomic E-state index is -1.06. The summed E-state index contributed by atoms with van der Waals surface area (Å²) in [5.41, 5.74) is 2.77. The van der Waals surface area contributed by atoms with Crippen molar-refractivity contribution in [3.63, 3.8) is 0 Å². The molecule has 8 rings (SSSR count). The zero-order chi connectivity index (χ0) is 40.7. The van der Waals surface area contributed by atoms with E-state index in [4.69, 9.17) is 18.9 Å². The van der Waals surface area contributed by atoms with Crippen LogP contribution >= 0.6 is 0 Å². The van der Waals surface area contributed by atoms with Crippen molar-refractivity contribution in [2.75, 3.05) is 60.2 Å².